The summed E-state index contributed by atoms with van der Waals surface area (Å²) < 4.78 is 0. The summed E-state index contributed by atoms with van der Waals surface area (Å²) in [6.07, 6.45) is 0. The molecule has 0 bridgehead atoms. The molecule has 7 nitrogen and oxygen atoms in total. The zero-order valence-electron chi connectivity index (χ0n) is 8.69. The standard InChI is InChI=1S/C8H17N3O4/c1-7(14)9-10-8(15)6-11(2-4-12)3-5-13/h12-13H,2-6H2,1H3,(H,9,14)(H,10,15). The van der Waals surface area contributed by atoms with E-state index in [2.05, 4.69) is 10.9 Å². The second kappa shape index (κ2) is 8.16. The van der Waals surface area contributed by atoms with Crippen molar-refractivity contribution in [3.63, 3.8) is 0 Å². The molecule has 7 heteroatoms. The van der Waals surface area contributed by atoms with Gasteiger partial charge in [-0.2, -0.15) is 0 Å². The molecule has 0 heterocycles. The SMILES string of the molecule is CC(=O)NNC(=O)CN(CCO)CCO. The van der Waals surface area contributed by atoms with E-state index in [0.29, 0.717) is 13.1 Å². The highest BCUT2D eigenvalue weighted by atomic mass is 16.3. The van der Waals surface area contributed by atoms with Crippen LogP contribution in [0.5, 0.6) is 0 Å². The second-order valence-corrected chi connectivity index (χ2v) is 2.95. The minimum atomic E-state index is -0.396. The molecule has 0 atom stereocenters. The molecule has 2 amide bonds. The highest BCUT2D eigenvalue weighted by Gasteiger charge is 2.09. The summed E-state index contributed by atoms with van der Waals surface area (Å²) in [5.41, 5.74) is 4.33. The topological polar surface area (TPSA) is 102 Å². The Labute approximate surface area is 88.0 Å². The molecular weight excluding hydrogens is 202 g/mol. The first-order valence-electron chi connectivity index (χ1n) is 4.59. The fourth-order valence-electron chi connectivity index (χ4n) is 0.953. The number of rotatable bonds is 6. The van der Waals surface area contributed by atoms with Gasteiger partial charge in [0.1, 0.15) is 0 Å². The van der Waals surface area contributed by atoms with Crippen molar-refractivity contribution in [3.05, 3.63) is 0 Å². The van der Waals surface area contributed by atoms with Crippen LogP contribution < -0.4 is 10.9 Å². The molecule has 0 fully saturated rings. The summed E-state index contributed by atoms with van der Waals surface area (Å²) in [5, 5.41) is 17.3. The molecule has 0 aromatic heterocycles. The molecule has 0 aromatic carbocycles. The molecule has 0 radical (unpaired) electrons. The Hall–Kier alpha value is -1.18. The number of carbonyl (C=O) groups is 2. The number of hydrogen-bond acceptors (Lipinski definition) is 5. The maximum atomic E-state index is 11.2. The maximum absolute atomic E-state index is 11.2. The molecular formula is C8H17N3O4. The van der Waals surface area contributed by atoms with E-state index < -0.39 is 5.91 Å². The highest BCUT2D eigenvalue weighted by molar-refractivity contribution is 5.81. The van der Waals surface area contributed by atoms with E-state index in [9.17, 15) is 9.59 Å². The van der Waals surface area contributed by atoms with Gasteiger partial charge in [0.05, 0.1) is 19.8 Å². The Morgan fingerprint density at radius 1 is 1.13 bits per heavy atom. The van der Waals surface area contributed by atoms with Gasteiger partial charge < -0.3 is 10.2 Å². The zero-order chi connectivity index (χ0) is 11.7. The number of amides is 2. The van der Waals surface area contributed by atoms with Crippen molar-refractivity contribution in [1.29, 1.82) is 0 Å². The van der Waals surface area contributed by atoms with E-state index in [4.69, 9.17) is 10.2 Å². The zero-order valence-corrected chi connectivity index (χ0v) is 8.69. The van der Waals surface area contributed by atoms with Crippen molar-refractivity contribution < 1.29 is 19.8 Å². The third-order valence-electron chi connectivity index (χ3n) is 1.58. The first kappa shape index (κ1) is 13.8. The lowest BCUT2D eigenvalue weighted by Gasteiger charge is -2.19. The third kappa shape index (κ3) is 7.86. The molecule has 0 saturated heterocycles. The van der Waals surface area contributed by atoms with Gasteiger partial charge in [0, 0.05) is 20.0 Å². The molecule has 0 rings (SSSR count). The van der Waals surface area contributed by atoms with Gasteiger partial charge in [0.15, 0.2) is 0 Å². The third-order valence-corrected chi connectivity index (χ3v) is 1.58. The van der Waals surface area contributed by atoms with Gasteiger partial charge >= 0.3 is 0 Å². The highest BCUT2D eigenvalue weighted by Crippen LogP contribution is 1.85. The van der Waals surface area contributed by atoms with Crippen LogP contribution in [0.4, 0.5) is 0 Å². The van der Waals surface area contributed by atoms with Crippen LogP contribution in [0.1, 0.15) is 6.92 Å². The van der Waals surface area contributed by atoms with Crippen LogP contribution in [0.15, 0.2) is 0 Å². The summed E-state index contributed by atoms with van der Waals surface area (Å²) >= 11 is 0. The van der Waals surface area contributed by atoms with Crippen molar-refractivity contribution in [1.82, 2.24) is 15.8 Å². The van der Waals surface area contributed by atoms with Crippen LogP contribution in [0.2, 0.25) is 0 Å². The lowest BCUT2D eigenvalue weighted by Crippen LogP contribution is -2.46. The first-order valence-corrected chi connectivity index (χ1v) is 4.59. The Morgan fingerprint density at radius 2 is 1.67 bits per heavy atom. The normalized spacial score (nSPS) is 10.1. The number of nitrogens with one attached hydrogen (secondary N) is 2. The van der Waals surface area contributed by atoms with Crippen LogP contribution in [0, 0.1) is 0 Å². The van der Waals surface area contributed by atoms with E-state index in [-0.39, 0.29) is 25.7 Å². The van der Waals surface area contributed by atoms with Gasteiger partial charge in [-0.25, -0.2) is 0 Å². The smallest absolute Gasteiger partial charge is 0.252 e. The van der Waals surface area contributed by atoms with Gasteiger partial charge in [-0.15, -0.1) is 0 Å². The van der Waals surface area contributed by atoms with Crippen molar-refractivity contribution in [2.75, 3.05) is 32.8 Å². The van der Waals surface area contributed by atoms with E-state index in [0.717, 1.165) is 0 Å². The van der Waals surface area contributed by atoms with Gasteiger partial charge in [-0.3, -0.25) is 25.3 Å². The molecule has 15 heavy (non-hydrogen) atoms. The molecule has 0 aliphatic carbocycles. The predicted molar refractivity (Wildman–Crippen MR) is 52.6 cm³/mol. The van der Waals surface area contributed by atoms with E-state index >= 15 is 0 Å². The largest absolute Gasteiger partial charge is 0.395 e. The van der Waals surface area contributed by atoms with Crippen LogP contribution in [-0.4, -0.2) is 59.8 Å². The molecule has 4 N–H and O–H groups in total. The maximum Gasteiger partial charge on any atom is 0.252 e. The number of aliphatic hydroxyl groups is 2. The summed E-state index contributed by atoms with van der Waals surface area (Å²) in [6, 6.07) is 0. The van der Waals surface area contributed by atoms with Crippen LogP contribution in [0.3, 0.4) is 0 Å². The molecule has 0 aliphatic rings. The van der Waals surface area contributed by atoms with E-state index in [1.165, 1.54) is 6.92 Å². The van der Waals surface area contributed by atoms with Crippen molar-refractivity contribution in [3.8, 4) is 0 Å². The Balaban J connectivity index is 3.82. The first-order chi connectivity index (χ1) is 7.10. The lowest BCUT2D eigenvalue weighted by molar-refractivity contribution is -0.128. The summed E-state index contributed by atoms with van der Waals surface area (Å²) in [4.78, 5) is 23.2. The Kier molecular flexibility index (Phi) is 7.51. The van der Waals surface area contributed by atoms with Crippen molar-refractivity contribution in [2.24, 2.45) is 0 Å². The fraction of sp³-hybridized carbons (Fsp3) is 0.750. The summed E-state index contributed by atoms with van der Waals surface area (Å²) in [6.45, 7) is 1.71. The van der Waals surface area contributed by atoms with Gasteiger partial charge in [0.2, 0.25) is 5.91 Å². The van der Waals surface area contributed by atoms with Gasteiger partial charge in [-0.1, -0.05) is 0 Å². The monoisotopic (exact) mass is 219 g/mol. The van der Waals surface area contributed by atoms with E-state index in [1.54, 1.807) is 4.90 Å². The number of aliphatic hydroxyl groups excluding tert-OH is 2. The van der Waals surface area contributed by atoms with Crippen molar-refractivity contribution in [2.45, 2.75) is 6.92 Å². The number of hydrazine groups is 1. The molecule has 0 saturated carbocycles. The average molecular weight is 219 g/mol. The van der Waals surface area contributed by atoms with Gasteiger partial charge in [0.25, 0.3) is 5.91 Å². The van der Waals surface area contributed by atoms with Crippen LogP contribution in [-0.2, 0) is 9.59 Å². The molecule has 0 aromatic rings. The quantitative estimate of drug-likeness (QED) is 0.368. The molecule has 88 valence electrons. The average Bonchev–Trinajstić information content (AvgIpc) is 2.15. The fourth-order valence-corrected chi connectivity index (χ4v) is 0.953. The minimum absolute atomic E-state index is 0.0153. The van der Waals surface area contributed by atoms with Crippen molar-refractivity contribution >= 4 is 11.8 Å². The van der Waals surface area contributed by atoms with E-state index in [1.807, 2.05) is 0 Å². The van der Waals surface area contributed by atoms with Crippen LogP contribution >= 0.6 is 0 Å². The summed E-state index contributed by atoms with van der Waals surface area (Å²) in [5.74, 6) is -0.758. The predicted octanol–water partition coefficient (Wildman–Crippen LogP) is -2.56. The Morgan fingerprint density at radius 3 is 2.07 bits per heavy atom. The van der Waals surface area contributed by atoms with Gasteiger partial charge in [-0.05, 0) is 0 Å². The summed E-state index contributed by atoms with van der Waals surface area (Å²) in [7, 11) is 0. The minimum Gasteiger partial charge on any atom is -0.395 e. The number of carbonyl (C=O) groups excluding carboxylic acids is 2. The second-order valence-electron chi connectivity index (χ2n) is 2.95. The molecule has 0 spiro atoms. The Bertz CT molecular complexity index is 204. The molecule has 0 aliphatic heterocycles. The number of hydrogen-bond donors (Lipinski definition) is 4. The number of nitrogens with zero attached hydrogens (tertiary/aromatic N) is 1. The lowest BCUT2D eigenvalue weighted by atomic mass is 10.4. The van der Waals surface area contributed by atoms with Crippen LogP contribution in [0.25, 0.3) is 0 Å². The molecule has 0 unspecified atom stereocenters.